The third-order valence-electron chi connectivity index (χ3n) is 2.77. The van der Waals surface area contributed by atoms with Crippen molar-refractivity contribution in [2.45, 2.75) is 20.3 Å². The minimum atomic E-state index is 0.512. The van der Waals surface area contributed by atoms with Crippen LogP contribution in [0.15, 0.2) is 28.7 Å². The fraction of sp³-hybridized carbons (Fsp3) is 0.385. The highest BCUT2D eigenvalue weighted by molar-refractivity contribution is 5.60. The fourth-order valence-corrected chi connectivity index (χ4v) is 1.85. The van der Waals surface area contributed by atoms with E-state index in [4.69, 9.17) is 10.2 Å². The lowest BCUT2D eigenvalue weighted by Crippen LogP contribution is -2.17. The maximum absolute atomic E-state index is 5.61. The van der Waals surface area contributed by atoms with Crippen molar-refractivity contribution in [3.63, 3.8) is 0 Å². The molecule has 96 valence electrons. The summed E-state index contributed by atoms with van der Waals surface area (Å²) in [5.74, 6) is 0.583. The Kier molecular flexibility index (Phi) is 3.94. The molecule has 0 saturated heterocycles. The quantitative estimate of drug-likeness (QED) is 0.874. The minimum absolute atomic E-state index is 0.512. The van der Waals surface area contributed by atoms with Gasteiger partial charge in [-0.2, -0.15) is 0 Å². The number of benzene rings is 1. The Balaban J connectivity index is 2.30. The van der Waals surface area contributed by atoms with E-state index in [1.807, 2.05) is 23.1 Å². The van der Waals surface area contributed by atoms with E-state index in [1.54, 1.807) is 0 Å². The first-order chi connectivity index (χ1) is 8.76. The molecular weight excluding hydrogens is 228 g/mol. The van der Waals surface area contributed by atoms with E-state index in [9.17, 15) is 0 Å². The molecule has 0 radical (unpaired) electrons. The van der Waals surface area contributed by atoms with Gasteiger partial charge in [0.05, 0.1) is 0 Å². The molecule has 1 heterocycles. The van der Waals surface area contributed by atoms with Gasteiger partial charge < -0.3 is 10.2 Å². The van der Waals surface area contributed by atoms with Gasteiger partial charge in [-0.3, -0.25) is 4.90 Å². The number of hydrogen-bond acceptors (Lipinski definition) is 5. The van der Waals surface area contributed by atoms with Crippen LogP contribution in [-0.4, -0.2) is 23.3 Å². The Hall–Kier alpha value is -1.88. The second-order valence-corrected chi connectivity index (χ2v) is 4.05. The van der Waals surface area contributed by atoms with E-state index in [0.717, 1.165) is 12.2 Å². The van der Waals surface area contributed by atoms with Crippen LogP contribution in [0, 0.1) is 6.92 Å². The van der Waals surface area contributed by atoms with Gasteiger partial charge in [0.25, 0.3) is 0 Å². The van der Waals surface area contributed by atoms with Gasteiger partial charge in [-0.25, -0.2) is 0 Å². The summed E-state index contributed by atoms with van der Waals surface area (Å²) in [5.41, 5.74) is 7.74. The first-order valence-corrected chi connectivity index (χ1v) is 6.12. The van der Waals surface area contributed by atoms with Gasteiger partial charge in [0, 0.05) is 25.2 Å². The average Bonchev–Trinajstić information content (AvgIpc) is 2.82. The largest absolute Gasteiger partial charge is 0.408 e. The Morgan fingerprint density at radius 3 is 2.72 bits per heavy atom. The summed E-state index contributed by atoms with van der Waals surface area (Å²) in [5, 5.41) is 8.07. The van der Waals surface area contributed by atoms with Crippen molar-refractivity contribution in [1.82, 2.24) is 10.2 Å². The number of para-hydroxylation sites is 1. The molecule has 2 aromatic rings. The minimum Gasteiger partial charge on any atom is -0.408 e. The zero-order valence-electron chi connectivity index (χ0n) is 10.8. The van der Waals surface area contributed by atoms with Gasteiger partial charge in [-0.1, -0.05) is 23.3 Å². The van der Waals surface area contributed by atoms with Crippen LogP contribution in [0.3, 0.4) is 0 Å². The Morgan fingerprint density at radius 1 is 1.28 bits per heavy atom. The molecule has 0 aliphatic carbocycles. The molecule has 0 fully saturated rings. The molecule has 1 aromatic carbocycles. The lowest BCUT2D eigenvalue weighted by Gasteiger charge is -2.19. The van der Waals surface area contributed by atoms with Crippen molar-refractivity contribution in [3.8, 4) is 0 Å². The molecule has 1 aromatic heterocycles. The summed E-state index contributed by atoms with van der Waals surface area (Å²) in [7, 11) is 0. The zero-order valence-corrected chi connectivity index (χ0v) is 10.8. The molecule has 0 unspecified atom stereocenters. The predicted octanol–water partition coefficient (Wildman–Crippen LogP) is 2.04. The van der Waals surface area contributed by atoms with Crippen LogP contribution < -0.4 is 10.6 Å². The molecule has 18 heavy (non-hydrogen) atoms. The highest BCUT2D eigenvalue weighted by Gasteiger charge is 2.15. The number of aromatic nitrogens is 2. The number of hydrogen-bond donors (Lipinski definition) is 1. The van der Waals surface area contributed by atoms with Crippen molar-refractivity contribution in [2.75, 3.05) is 18.0 Å². The van der Waals surface area contributed by atoms with Crippen LogP contribution in [0.4, 0.5) is 11.7 Å². The van der Waals surface area contributed by atoms with Crippen LogP contribution in [-0.2, 0) is 6.42 Å². The normalized spacial score (nSPS) is 10.6. The van der Waals surface area contributed by atoms with E-state index >= 15 is 0 Å². The molecule has 0 atom stereocenters. The molecule has 0 amide bonds. The molecule has 0 aliphatic heterocycles. The molecule has 0 spiro atoms. The van der Waals surface area contributed by atoms with E-state index in [0.29, 0.717) is 24.9 Å². The topological polar surface area (TPSA) is 68.2 Å². The molecule has 5 heteroatoms. The Labute approximate surface area is 107 Å². The molecule has 0 aliphatic rings. The van der Waals surface area contributed by atoms with E-state index in [2.05, 4.69) is 30.1 Å². The van der Waals surface area contributed by atoms with Gasteiger partial charge in [0.15, 0.2) is 0 Å². The van der Waals surface area contributed by atoms with Crippen LogP contribution in [0.2, 0.25) is 0 Å². The van der Waals surface area contributed by atoms with Crippen molar-refractivity contribution >= 4 is 11.7 Å². The van der Waals surface area contributed by atoms with Crippen LogP contribution in [0.5, 0.6) is 0 Å². The monoisotopic (exact) mass is 246 g/mol. The smallest absolute Gasteiger partial charge is 0.322 e. The van der Waals surface area contributed by atoms with Crippen molar-refractivity contribution in [1.29, 1.82) is 0 Å². The van der Waals surface area contributed by atoms with Crippen molar-refractivity contribution in [2.24, 2.45) is 5.73 Å². The van der Waals surface area contributed by atoms with Crippen molar-refractivity contribution in [3.05, 3.63) is 35.7 Å². The number of rotatable bonds is 5. The summed E-state index contributed by atoms with van der Waals surface area (Å²) in [4.78, 5) is 2.00. The Bertz CT molecular complexity index is 509. The first kappa shape index (κ1) is 12.6. The summed E-state index contributed by atoms with van der Waals surface area (Å²) >= 11 is 0. The highest BCUT2D eigenvalue weighted by Crippen LogP contribution is 2.26. The molecule has 0 saturated carbocycles. The van der Waals surface area contributed by atoms with Gasteiger partial charge in [0.1, 0.15) is 0 Å². The molecule has 2 rings (SSSR count). The van der Waals surface area contributed by atoms with Gasteiger partial charge in [0.2, 0.25) is 5.89 Å². The number of nitrogens with zero attached hydrogens (tertiary/aromatic N) is 3. The van der Waals surface area contributed by atoms with Gasteiger partial charge in [-0.15, -0.1) is 5.10 Å². The average molecular weight is 246 g/mol. The van der Waals surface area contributed by atoms with Crippen LogP contribution in [0.1, 0.15) is 18.4 Å². The summed E-state index contributed by atoms with van der Waals surface area (Å²) in [6.45, 7) is 5.40. The summed E-state index contributed by atoms with van der Waals surface area (Å²) in [6.07, 6.45) is 0.609. The summed E-state index contributed by atoms with van der Waals surface area (Å²) in [6, 6.07) is 8.65. The second kappa shape index (κ2) is 5.64. The van der Waals surface area contributed by atoms with E-state index < -0.39 is 0 Å². The molecule has 2 N–H and O–H groups in total. The number of aryl methyl sites for hydroxylation is 1. The lowest BCUT2D eigenvalue weighted by molar-refractivity contribution is 0.496. The molecule has 5 nitrogen and oxygen atoms in total. The highest BCUT2D eigenvalue weighted by atomic mass is 16.4. The van der Waals surface area contributed by atoms with E-state index in [-0.39, 0.29) is 0 Å². The van der Waals surface area contributed by atoms with Crippen LogP contribution >= 0.6 is 0 Å². The third-order valence-corrected chi connectivity index (χ3v) is 2.77. The molecule has 0 bridgehead atoms. The van der Waals surface area contributed by atoms with E-state index in [1.165, 1.54) is 5.56 Å². The lowest BCUT2D eigenvalue weighted by atomic mass is 10.2. The standard InChI is InChI=1S/C13H18N4O/c1-3-17(11-7-5-4-6-10(11)2)13-16-15-12(18-13)8-9-14/h4-7H,3,8-9,14H2,1-2H3. The number of anilines is 2. The third kappa shape index (κ3) is 2.51. The van der Waals surface area contributed by atoms with Gasteiger partial charge >= 0.3 is 6.01 Å². The maximum atomic E-state index is 5.61. The zero-order chi connectivity index (χ0) is 13.0. The second-order valence-electron chi connectivity index (χ2n) is 4.05. The van der Waals surface area contributed by atoms with Crippen molar-refractivity contribution < 1.29 is 4.42 Å². The Morgan fingerprint density at radius 2 is 2.06 bits per heavy atom. The predicted molar refractivity (Wildman–Crippen MR) is 70.9 cm³/mol. The van der Waals surface area contributed by atoms with Gasteiger partial charge in [-0.05, 0) is 25.5 Å². The fourth-order valence-electron chi connectivity index (χ4n) is 1.85. The molecular formula is C13H18N4O. The first-order valence-electron chi connectivity index (χ1n) is 6.12. The summed E-state index contributed by atoms with van der Waals surface area (Å²) < 4.78 is 5.61. The number of nitrogens with two attached hydrogens (primary N) is 1. The maximum Gasteiger partial charge on any atom is 0.322 e. The van der Waals surface area contributed by atoms with Crippen LogP contribution in [0.25, 0.3) is 0 Å². The SMILES string of the molecule is CCN(c1nnc(CCN)o1)c1ccccc1C.